The minimum Gasteiger partial charge on any atom is -0.497 e. The van der Waals surface area contributed by atoms with E-state index in [1.165, 1.54) is 12.8 Å². The maximum absolute atomic E-state index is 5.20. The fourth-order valence-electron chi connectivity index (χ4n) is 2.99. The number of nitrogens with zero attached hydrogens (tertiary/aromatic N) is 5. The normalized spacial score (nSPS) is 15.4. The summed E-state index contributed by atoms with van der Waals surface area (Å²) in [5.41, 5.74) is 2.44. The zero-order chi connectivity index (χ0) is 16.6. The molecule has 0 radical (unpaired) electrons. The second-order valence-electron chi connectivity index (χ2n) is 6.26. The van der Waals surface area contributed by atoms with Crippen molar-refractivity contribution in [1.29, 1.82) is 0 Å². The molecule has 124 valence electrons. The van der Waals surface area contributed by atoms with Crippen molar-refractivity contribution < 1.29 is 4.74 Å². The number of methoxy groups -OCH3 is 1. The Balaban J connectivity index is 1.68. The van der Waals surface area contributed by atoms with Crippen LogP contribution in [0.15, 0.2) is 30.5 Å². The molecule has 4 rings (SSSR count). The van der Waals surface area contributed by atoms with Gasteiger partial charge in [0, 0.05) is 5.54 Å². The van der Waals surface area contributed by atoms with Crippen LogP contribution in [-0.4, -0.2) is 37.6 Å². The van der Waals surface area contributed by atoms with Crippen molar-refractivity contribution in [1.82, 2.24) is 25.0 Å². The van der Waals surface area contributed by atoms with Crippen LogP contribution in [0.25, 0.3) is 16.9 Å². The number of ether oxygens (including phenoxy) is 1. The molecule has 0 saturated heterocycles. The van der Waals surface area contributed by atoms with Crippen LogP contribution in [-0.2, 0) is 0 Å². The highest BCUT2D eigenvalue weighted by Crippen LogP contribution is 2.42. The van der Waals surface area contributed by atoms with Gasteiger partial charge in [-0.1, -0.05) is 18.6 Å². The first-order valence-electron chi connectivity index (χ1n) is 8.24. The van der Waals surface area contributed by atoms with Gasteiger partial charge in [-0.05, 0) is 43.5 Å². The minimum absolute atomic E-state index is 0.181. The van der Waals surface area contributed by atoms with Gasteiger partial charge in [-0.3, -0.25) is 0 Å². The zero-order valence-corrected chi connectivity index (χ0v) is 13.9. The molecule has 0 aliphatic heterocycles. The Kier molecular flexibility index (Phi) is 3.55. The van der Waals surface area contributed by atoms with Crippen molar-refractivity contribution in [3.63, 3.8) is 0 Å². The van der Waals surface area contributed by atoms with Crippen LogP contribution >= 0.6 is 0 Å². The summed E-state index contributed by atoms with van der Waals surface area (Å²) in [6, 6.07) is 7.65. The fraction of sp³-hybridized carbons (Fsp3) is 0.412. The monoisotopic (exact) mass is 324 g/mol. The molecule has 7 nitrogen and oxygen atoms in total. The molecule has 2 heterocycles. The Morgan fingerprint density at radius 2 is 2.04 bits per heavy atom. The van der Waals surface area contributed by atoms with Gasteiger partial charge >= 0.3 is 0 Å². The van der Waals surface area contributed by atoms with Crippen LogP contribution in [0.5, 0.6) is 5.75 Å². The van der Waals surface area contributed by atoms with Crippen molar-refractivity contribution in [2.75, 3.05) is 12.4 Å². The lowest BCUT2D eigenvalue weighted by molar-refractivity contribution is 0.414. The molecule has 2 aromatic heterocycles. The molecule has 24 heavy (non-hydrogen) atoms. The predicted molar refractivity (Wildman–Crippen MR) is 91.5 cm³/mol. The highest BCUT2D eigenvalue weighted by molar-refractivity contribution is 5.72. The lowest BCUT2D eigenvalue weighted by atomic mass is 10.1. The largest absolute Gasteiger partial charge is 0.497 e. The first-order valence-corrected chi connectivity index (χ1v) is 8.24. The van der Waals surface area contributed by atoms with Gasteiger partial charge in [-0.25, -0.2) is 4.98 Å². The molecule has 1 N–H and O–H groups in total. The quantitative estimate of drug-likeness (QED) is 0.751. The molecule has 1 saturated carbocycles. The second kappa shape index (κ2) is 5.74. The molecule has 1 fully saturated rings. The molecule has 0 atom stereocenters. The number of hydrogen-bond donors (Lipinski definition) is 1. The molecule has 0 bridgehead atoms. The molecular weight excluding hydrogens is 304 g/mol. The van der Waals surface area contributed by atoms with E-state index in [-0.39, 0.29) is 5.54 Å². The summed E-state index contributed by atoms with van der Waals surface area (Å²) in [4.78, 5) is 9.04. The van der Waals surface area contributed by atoms with Gasteiger partial charge in [-0.2, -0.15) is 9.67 Å². The Labute approximate surface area is 140 Å². The maximum Gasteiger partial charge on any atom is 0.225 e. The van der Waals surface area contributed by atoms with E-state index in [1.807, 2.05) is 24.3 Å². The Morgan fingerprint density at radius 1 is 1.25 bits per heavy atom. The van der Waals surface area contributed by atoms with Gasteiger partial charge in [0.05, 0.1) is 19.0 Å². The van der Waals surface area contributed by atoms with E-state index in [4.69, 9.17) is 4.74 Å². The topological polar surface area (TPSA) is 77.8 Å². The Morgan fingerprint density at radius 3 is 2.71 bits per heavy atom. The number of hydrogen-bond acceptors (Lipinski definition) is 6. The third kappa shape index (κ3) is 2.66. The highest BCUT2D eigenvalue weighted by Gasteiger charge is 2.42. The molecule has 0 unspecified atom stereocenters. The van der Waals surface area contributed by atoms with E-state index in [0.717, 1.165) is 24.3 Å². The van der Waals surface area contributed by atoms with E-state index < -0.39 is 0 Å². The number of fused-ring (bicyclic) bond motifs is 1. The van der Waals surface area contributed by atoms with Gasteiger partial charge in [0.25, 0.3) is 0 Å². The Bertz CT molecular complexity index is 853. The van der Waals surface area contributed by atoms with E-state index in [0.29, 0.717) is 17.1 Å². The van der Waals surface area contributed by atoms with Crippen molar-refractivity contribution in [3.8, 4) is 11.4 Å². The summed E-state index contributed by atoms with van der Waals surface area (Å²) in [6.45, 7) is 2.20. The van der Waals surface area contributed by atoms with Crippen molar-refractivity contribution in [2.45, 2.75) is 38.1 Å². The lowest BCUT2D eigenvalue weighted by Crippen LogP contribution is -2.22. The molecule has 7 heteroatoms. The summed E-state index contributed by atoms with van der Waals surface area (Å²) in [5.74, 6) is 1.45. The third-order valence-corrected chi connectivity index (χ3v) is 4.47. The number of aromatic nitrogens is 5. The Hall–Kier alpha value is -2.70. The molecular formula is C17H20N6O. The molecule has 3 aromatic rings. The molecule has 0 spiro atoms. The molecule has 1 aliphatic carbocycles. The lowest BCUT2D eigenvalue weighted by Gasteiger charge is -2.16. The summed E-state index contributed by atoms with van der Waals surface area (Å²) >= 11 is 0. The number of rotatable bonds is 6. The van der Waals surface area contributed by atoms with Crippen LogP contribution in [0, 0.1) is 0 Å². The third-order valence-electron chi connectivity index (χ3n) is 4.47. The zero-order valence-electron chi connectivity index (χ0n) is 13.9. The molecule has 0 amide bonds. The van der Waals surface area contributed by atoms with Gasteiger partial charge in [0.1, 0.15) is 5.75 Å². The van der Waals surface area contributed by atoms with Gasteiger partial charge in [-0.15, -0.1) is 5.10 Å². The summed E-state index contributed by atoms with van der Waals surface area (Å²) in [5, 5.41) is 11.9. The van der Waals surface area contributed by atoms with Crippen LogP contribution in [0.1, 0.15) is 32.6 Å². The first kappa shape index (κ1) is 14.9. The van der Waals surface area contributed by atoms with E-state index in [1.54, 1.807) is 18.0 Å². The smallest absolute Gasteiger partial charge is 0.225 e. The average molecular weight is 324 g/mol. The van der Waals surface area contributed by atoms with Crippen molar-refractivity contribution in [3.05, 3.63) is 30.5 Å². The predicted octanol–water partition coefficient (Wildman–Crippen LogP) is 2.96. The standard InChI is InChI=1S/C17H20N6O/c1-3-8-17(9-10-17)20-16-18-11-14-15(19-16)23(22-21-14)12-4-6-13(24-2)7-5-12/h4-7,11H,3,8-10H2,1-2H3,(H,18,19,20). The van der Waals surface area contributed by atoms with Gasteiger partial charge in [0.2, 0.25) is 5.95 Å². The number of benzene rings is 1. The SMILES string of the molecule is CCCC1(Nc2ncc3nnn(-c4ccc(OC)cc4)c3n2)CC1. The molecule has 1 aromatic carbocycles. The summed E-state index contributed by atoms with van der Waals surface area (Å²) in [7, 11) is 1.65. The van der Waals surface area contributed by atoms with E-state index in [9.17, 15) is 0 Å². The minimum atomic E-state index is 0.181. The van der Waals surface area contributed by atoms with Crippen molar-refractivity contribution >= 4 is 17.1 Å². The highest BCUT2D eigenvalue weighted by atomic mass is 16.5. The average Bonchev–Trinajstić information content (AvgIpc) is 3.23. The maximum atomic E-state index is 5.20. The second-order valence-corrected chi connectivity index (χ2v) is 6.26. The van der Waals surface area contributed by atoms with Crippen molar-refractivity contribution in [2.24, 2.45) is 0 Å². The summed E-state index contributed by atoms with van der Waals surface area (Å²) < 4.78 is 6.92. The van der Waals surface area contributed by atoms with Crippen LogP contribution in [0.4, 0.5) is 5.95 Å². The van der Waals surface area contributed by atoms with Crippen LogP contribution in [0.3, 0.4) is 0 Å². The van der Waals surface area contributed by atoms with Gasteiger partial charge < -0.3 is 10.1 Å². The number of nitrogens with one attached hydrogen (secondary N) is 1. The fourth-order valence-corrected chi connectivity index (χ4v) is 2.99. The summed E-state index contributed by atoms with van der Waals surface area (Å²) in [6.07, 6.45) is 6.38. The van der Waals surface area contributed by atoms with E-state index in [2.05, 4.69) is 32.5 Å². The molecule has 1 aliphatic rings. The number of anilines is 1. The van der Waals surface area contributed by atoms with Crippen LogP contribution in [0.2, 0.25) is 0 Å². The van der Waals surface area contributed by atoms with Crippen LogP contribution < -0.4 is 10.1 Å². The van der Waals surface area contributed by atoms with E-state index >= 15 is 0 Å². The first-order chi connectivity index (χ1) is 11.7. The van der Waals surface area contributed by atoms with Gasteiger partial charge in [0.15, 0.2) is 11.2 Å².